The highest BCUT2D eigenvalue weighted by Gasteiger charge is 2.25. The molecule has 5 heteroatoms. The normalized spacial score (nSPS) is 13.4. The zero-order chi connectivity index (χ0) is 14.3. The summed E-state index contributed by atoms with van der Waals surface area (Å²) in [6, 6.07) is 8.34. The minimum Gasteiger partial charge on any atom is -0.467 e. The maximum atomic E-state index is 12.0. The fourth-order valence-corrected chi connectivity index (χ4v) is 2.30. The third kappa shape index (κ3) is 4.59. The number of methoxy groups -OCH3 is 1. The summed E-state index contributed by atoms with van der Waals surface area (Å²) in [6.07, 6.45) is 1.94. The Morgan fingerprint density at radius 3 is 2.47 bits per heavy atom. The average molecular weight is 281 g/mol. The van der Waals surface area contributed by atoms with Gasteiger partial charge in [-0.1, -0.05) is 37.3 Å². The fourth-order valence-electron chi connectivity index (χ4n) is 1.65. The highest BCUT2D eigenvalue weighted by atomic mass is 32.2. The molecule has 0 spiro atoms. The van der Waals surface area contributed by atoms with Crippen molar-refractivity contribution in [1.82, 2.24) is 5.32 Å². The summed E-state index contributed by atoms with van der Waals surface area (Å²) in [5, 5.41) is 2.74. The molecule has 0 saturated heterocycles. The van der Waals surface area contributed by atoms with Gasteiger partial charge in [-0.15, -0.1) is 0 Å². The monoisotopic (exact) mass is 281 g/mol. The van der Waals surface area contributed by atoms with Crippen molar-refractivity contribution in [2.75, 3.05) is 19.1 Å². The Bertz CT molecular complexity index is 422. The van der Waals surface area contributed by atoms with Crippen LogP contribution in [0.3, 0.4) is 0 Å². The van der Waals surface area contributed by atoms with Crippen LogP contribution in [-0.4, -0.2) is 31.0 Å². The Hall–Kier alpha value is -1.49. The standard InChI is InChI=1S/C14H19NO3S/c1-10(9-19-3)13(16)15-12(14(17)18-2)11-7-5-4-6-8-11/h4-8,10,12H,9H2,1-3H3,(H,15,16). The predicted molar refractivity (Wildman–Crippen MR) is 76.9 cm³/mol. The third-order valence-corrected chi connectivity index (χ3v) is 3.55. The molecule has 0 fully saturated rings. The first-order valence-electron chi connectivity index (χ1n) is 6.02. The molecule has 0 heterocycles. The van der Waals surface area contributed by atoms with Gasteiger partial charge < -0.3 is 10.1 Å². The van der Waals surface area contributed by atoms with Crippen molar-refractivity contribution in [3.8, 4) is 0 Å². The second-order valence-electron chi connectivity index (χ2n) is 4.23. The van der Waals surface area contributed by atoms with Crippen LogP contribution >= 0.6 is 11.8 Å². The van der Waals surface area contributed by atoms with Gasteiger partial charge in [-0.2, -0.15) is 11.8 Å². The first-order valence-corrected chi connectivity index (χ1v) is 7.41. The fraction of sp³-hybridized carbons (Fsp3) is 0.429. The Morgan fingerprint density at radius 1 is 1.32 bits per heavy atom. The number of benzene rings is 1. The van der Waals surface area contributed by atoms with Gasteiger partial charge >= 0.3 is 5.97 Å². The van der Waals surface area contributed by atoms with Gasteiger partial charge in [0.1, 0.15) is 0 Å². The molecule has 104 valence electrons. The number of hydrogen-bond donors (Lipinski definition) is 1. The smallest absolute Gasteiger partial charge is 0.333 e. The predicted octanol–water partition coefficient (Wildman–Crippen LogP) is 2.02. The number of amides is 1. The Labute approximate surface area is 117 Å². The van der Waals surface area contributed by atoms with Gasteiger partial charge in [-0.05, 0) is 11.8 Å². The van der Waals surface area contributed by atoms with Crippen molar-refractivity contribution in [2.45, 2.75) is 13.0 Å². The van der Waals surface area contributed by atoms with Gasteiger partial charge in [-0.3, -0.25) is 4.79 Å². The summed E-state index contributed by atoms with van der Waals surface area (Å²) in [7, 11) is 1.32. The largest absolute Gasteiger partial charge is 0.467 e. The van der Waals surface area contributed by atoms with Crippen LogP contribution in [0.5, 0.6) is 0 Å². The number of thioether (sulfide) groups is 1. The van der Waals surface area contributed by atoms with E-state index in [2.05, 4.69) is 5.32 Å². The number of carbonyl (C=O) groups excluding carboxylic acids is 2. The molecule has 1 N–H and O–H groups in total. The van der Waals surface area contributed by atoms with Gasteiger partial charge in [-0.25, -0.2) is 4.79 Å². The number of hydrogen-bond acceptors (Lipinski definition) is 4. The van der Waals surface area contributed by atoms with E-state index in [4.69, 9.17) is 4.74 Å². The summed E-state index contributed by atoms with van der Waals surface area (Å²) in [5.41, 5.74) is 0.721. The minimum absolute atomic E-state index is 0.145. The van der Waals surface area contributed by atoms with Gasteiger partial charge in [0, 0.05) is 11.7 Å². The maximum absolute atomic E-state index is 12.0. The maximum Gasteiger partial charge on any atom is 0.333 e. The lowest BCUT2D eigenvalue weighted by Crippen LogP contribution is -2.38. The summed E-state index contributed by atoms with van der Waals surface area (Å²) >= 11 is 1.60. The van der Waals surface area contributed by atoms with Crippen molar-refractivity contribution < 1.29 is 14.3 Å². The zero-order valence-corrected chi connectivity index (χ0v) is 12.2. The summed E-state index contributed by atoms with van der Waals surface area (Å²) in [6.45, 7) is 1.84. The third-order valence-electron chi connectivity index (χ3n) is 2.72. The molecule has 19 heavy (non-hydrogen) atoms. The average Bonchev–Trinajstić information content (AvgIpc) is 2.44. The molecule has 1 amide bonds. The molecule has 0 saturated carbocycles. The zero-order valence-electron chi connectivity index (χ0n) is 11.4. The van der Waals surface area contributed by atoms with Crippen LogP contribution in [0.15, 0.2) is 30.3 Å². The highest BCUT2D eigenvalue weighted by Crippen LogP contribution is 2.15. The van der Waals surface area contributed by atoms with Gasteiger partial charge in [0.15, 0.2) is 6.04 Å². The Morgan fingerprint density at radius 2 is 1.95 bits per heavy atom. The van der Waals surface area contributed by atoms with Gasteiger partial charge in [0.05, 0.1) is 7.11 Å². The topological polar surface area (TPSA) is 55.4 Å². The van der Waals surface area contributed by atoms with Crippen LogP contribution in [0.4, 0.5) is 0 Å². The molecular formula is C14H19NO3S. The molecule has 0 aliphatic carbocycles. The number of esters is 1. The molecule has 0 aliphatic heterocycles. The van der Waals surface area contributed by atoms with Crippen molar-refractivity contribution in [3.63, 3.8) is 0 Å². The van der Waals surface area contributed by atoms with E-state index in [0.29, 0.717) is 5.75 Å². The van der Waals surface area contributed by atoms with Crippen LogP contribution in [0.2, 0.25) is 0 Å². The van der Waals surface area contributed by atoms with E-state index in [-0.39, 0.29) is 11.8 Å². The number of nitrogens with one attached hydrogen (secondary N) is 1. The quantitative estimate of drug-likeness (QED) is 0.811. The van der Waals surface area contributed by atoms with Crippen molar-refractivity contribution in [3.05, 3.63) is 35.9 Å². The Balaban J connectivity index is 2.82. The van der Waals surface area contributed by atoms with E-state index in [1.807, 2.05) is 31.4 Å². The molecule has 2 unspecified atom stereocenters. The van der Waals surface area contributed by atoms with Crippen molar-refractivity contribution >= 4 is 23.6 Å². The summed E-state index contributed by atoms with van der Waals surface area (Å²) in [4.78, 5) is 23.8. The van der Waals surface area contributed by atoms with Crippen molar-refractivity contribution in [1.29, 1.82) is 0 Å². The van der Waals surface area contributed by atoms with E-state index < -0.39 is 12.0 Å². The molecule has 1 aromatic carbocycles. The summed E-state index contributed by atoms with van der Waals surface area (Å²) < 4.78 is 4.75. The second kappa shape index (κ2) is 7.84. The van der Waals surface area contributed by atoms with Crippen LogP contribution in [-0.2, 0) is 14.3 Å². The first kappa shape index (κ1) is 15.6. The molecule has 0 radical (unpaired) electrons. The van der Waals surface area contributed by atoms with Crippen LogP contribution < -0.4 is 5.32 Å². The molecule has 4 nitrogen and oxygen atoms in total. The van der Waals surface area contributed by atoms with E-state index in [1.54, 1.807) is 23.9 Å². The van der Waals surface area contributed by atoms with Gasteiger partial charge in [0.25, 0.3) is 0 Å². The molecular weight excluding hydrogens is 262 g/mol. The first-order chi connectivity index (χ1) is 9.10. The molecule has 0 aromatic heterocycles. The van der Waals surface area contributed by atoms with Gasteiger partial charge in [0.2, 0.25) is 5.91 Å². The lowest BCUT2D eigenvalue weighted by molar-refractivity contribution is -0.145. The lowest BCUT2D eigenvalue weighted by atomic mass is 10.1. The van der Waals surface area contributed by atoms with Crippen LogP contribution in [0, 0.1) is 5.92 Å². The molecule has 1 rings (SSSR count). The van der Waals surface area contributed by atoms with E-state index in [0.717, 1.165) is 5.56 Å². The van der Waals surface area contributed by atoms with E-state index >= 15 is 0 Å². The van der Waals surface area contributed by atoms with E-state index in [9.17, 15) is 9.59 Å². The SMILES string of the molecule is COC(=O)C(NC(=O)C(C)CSC)c1ccccc1. The number of rotatable bonds is 6. The van der Waals surface area contributed by atoms with Crippen molar-refractivity contribution in [2.24, 2.45) is 5.92 Å². The number of ether oxygens (including phenoxy) is 1. The molecule has 0 aliphatic rings. The number of carbonyl (C=O) groups is 2. The molecule has 0 bridgehead atoms. The summed E-state index contributed by atoms with van der Waals surface area (Å²) in [5.74, 6) is -0.0375. The second-order valence-corrected chi connectivity index (χ2v) is 5.14. The van der Waals surface area contributed by atoms with E-state index in [1.165, 1.54) is 7.11 Å². The molecule has 2 atom stereocenters. The Kier molecular flexibility index (Phi) is 6.42. The highest BCUT2D eigenvalue weighted by molar-refractivity contribution is 7.98. The molecule has 1 aromatic rings. The lowest BCUT2D eigenvalue weighted by Gasteiger charge is -2.19. The van der Waals surface area contributed by atoms with Crippen LogP contribution in [0.25, 0.3) is 0 Å². The van der Waals surface area contributed by atoms with Crippen LogP contribution in [0.1, 0.15) is 18.5 Å². The minimum atomic E-state index is -0.747.